The third-order valence-corrected chi connectivity index (χ3v) is 3.91. The Kier molecular flexibility index (Phi) is 6.55. The predicted octanol–water partition coefficient (Wildman–Crippen LogP) is 1.55. The Bertz CT molecular complexity index is 509. The van der Waals surface area contributed by atoms with Crippen LogP contribution in [0.25, 0.3) is 0 Å². The lowest BCUT2D eigenvalue weighted by Crippen LogP contribution is -2.47. The average molecular weight is 322 g/mol. The van der Waals surface area contributed by atoms with Gasteiger partial charge in [-0.15, -0.1) is 6.58 Å². The van der Waals surface area contributed by atoms with Gasteiger partial charge in [-0.05, 0) is 18.2 Å². The van der Waals surface area contributed by atoms with E-state index in [9.17, 15) is 0 Å². The van der Waals surface area contributed by atoms with E-state index in [1.54, 1.807) is 6.08 Å². The van der Waals surface area contributed by atoms with E-state index in [-0.39, 0.29) is 0 Å². The second-order valence-corrected chi connectivity index (χ2v) is 5.68. The van der Waals surface area contributed by atoms with E-state index < -0.39 is 0 Å². The Morgan fingerprint density at radius 1 is 1.36 bits per heavy atom. The molecule has 0 amide bonds. The quantitative estimate of drug-likeness (QED) is 0.474. The molecule has 1 aliphatic rings. The van der Waals surface area contributed by atoms with Crippen LogP contribution in [0.15, 0.2) is 41.9 Å². The number of piperazine rings is 1. The normalized spacial score (nSPS) is 16.6. The number of hydrogen-bond donors (Lipinski definition) is 2. The van der Waals surface area contributed by atoms with Crippen molar-refractivity contribution in [2.24, 2.45) is 10.7 Å². The van der Waals surface area contributed by atoms with Crippen LogP contribution in [-0.2, 0) is 0 Å². The van der Waals surface area contributed by atoms with Gasteiger partial charge in [0.1, 0.15) is 0 Å². The zero-order valence-electron chi connectivity index (χ0n) is 12.8. The number of halogens is 1. The smallest absolute Gasteiger partial charge is 0.188 e. The Morgan fingerprint density at radius 2 is 2.14 bits per heavy atom. The fraction of sp³-hybridized carbons (Fsp3) is 0.438. The van der Waals surface area contributed by atoms with Crippen LogP contribution < -0.4 is 16.0 Å². The van der Waals surface area contributed by atoms with E-state index in [0.717, 1.165) is 37.7 Å². The first kappa shape index (κ1) is 16.6. The third-order valence-electron chi connectivity index (χ3n) is 3.67. The number of rotatable bonds is 6. The third kappa shape index (κ3) is 5.24. The SMILES string of the molecule is C=CCNC(N)=NCCN1CCN(c2cccc(Cl)c2)CC1. The summed E-state index contributed by atoms with van der Waals surface area (Å²) in [4.78, 5) is 9.08. The van der Waals surface area contributed by atoms with Gasteiger partial charge in [0.25, 0.3) is 0 Å². The number of nitrogens with one attached hydrogen (secondary N) is 1. The summed E-state index contributed by atoms with van der Waals surface area (Å²) in [5, 5.41) is 3.76. The van der Waals surface area contributed by atoms with Crippen molar-refractivity contribution in [3.63, 3.8) is 0 Å². The second-order valence-electron chi connectivity index (χ2n) is 5.25. The summed E-state index contributed by atoms with van der Waals surface area (Å²) in [5.74, 6) is 0.484. The Labute approximate surface area is 137 Å². The first-order chi connectivity index (χ1) is 10.7. The van der Waals surface area contributed by atoms with E-state index in [1.807, 2.05) is 18.2 Å². The number of aliphatic imine (C=N–C) groups is 1. The lowest BCUT2D eigenvalue weighted by Gasteiger charge is -2.35. The molecule has 1 fully saturated rings. The molecule has 0 unspecified atom stereocenters. The van der Waals surface area contributed by atoms with Crippen LogP contribution in [0.1, 0.15) is 0 Å². The molecule has 0 aliphatic carbocycles. The molecular formula is C16H24ClN5. The minimum atomic E-state index is 0.484. The fourth-order valence-electron chi connectivity index (χ4n) is 2.45. The van der Waals surface area contributed by atoms with E-state index in [0.29, 0.717) is 19.0 Å². The Hall–Kier alpha value is -1.72. The molecule has 1 aromatic carbocycles. The van der Waals surface area contributed by atoms with E-state index in [1.165, 1.54) is 5.69 Å². The summed E-state index contributed by atoms with van der Waals surface area (Å²) in [5.41, 5.74) is 6.94. The highest BCUT2D eigenvalue weighted by Crippen LogP contribution is 2.20. The molecular weight excluding hydrogens is 298 g/mol. The topological polar surface area (TPSA) is 56.9 Å². The molecule has 5 nitrogen and oxygen atoms in total. The second kappa shape index (κ2) is 8.66. The molecule has 6 heteroatoms. The van der Waals surface area contributed by atoms with Crippen molar-refractivity contribution in [1.82, 2.24) is 10.2 Å². The predicted molar refractivity (Wildman–Crippen MR) is 94.8 cm³/mol. The van der Waals surface area contributed by atoms with Crippen LogP contribution in [0.2, 0.25) is 5.02 Å². The monoisotopic (exact) mass is 321 g/mol. The van der Waals surface area contributed by atoms with Crippen molar-refractivity contribution >= 4 is 23.2 Å². The summed E-state index contributed by atoms with van der Waals surface area (Å²) in [6, 6.07) is 8.03. The molecule has 0 atom stereocenters. The molecule has 3 N–H and O–H groups in total. The Balaban J connectivity index is 1.72. The summed E-state index contributed by atoms with van der Waals surface area (Å²) < 4.78 is 0. The first-order valence-corrected chi connectivity index (χ1v) is 7.94. The molecule has 2 rings (SSSR count). The molecule has 1 aliphatic heterocycles. The van der Waals surface area contributed by atoms with Crippen molar-refractivity contribution in [2.75, 3.05) is 50.7 Å². The number of hydrogen-bond acceptors (Lipinski definition) is 3. The molecule has 0 bridgehead atoms. The molecule has 0 radical (unpaired) electrons. The number of anilines is 1. The first-order valence-electron chi connectivity index (χ1n) is 7.56. The van der Waals surface area contributed by atoms with E-state index >= 15 is 0 Å². The summed E-state index contributed by atoms with van der Waals surface area (Å²) >= 11 is 6.05. The van der Waals surface area contributed by atoms with Gasteiger partial charge in [-0.2, -0.15) is 0 Å². The highest BCUT2D eigenvalue weighted by Gasteiger charge is 2.16. The maximum atomic E-state index is 6.05. The van der Waals surface area contributed by atoms with Gasteiger partial charge in [-0.3, -0.25) is 9.89 Å². The van der Waals surface area contributed by atoms with Crippen LogP contribution in [0.3, 0.4) is 0 Å². The lowest BCUT2D eigenvalue weighted by molar-refractivity contribution is 0.265. The molecule has 22 heavy (non-hydrogen) atoms. The lowest BCUT2D eigenvalue weighted by atomic mass is 10.2. The maximum Gasteiger partial charge on any atom is 0.188 e. The Morgan fingerprint density at radius 3 is 2.82 bits per heavy atom. The van der Waals surface area contributed by atoms with Gasteiger partial charge in [0.2, 0.25) is 0 Å². The summed E-state index contributed by atoms with van der Waals surface area (Å²) in [6.45, 7) is 10.00. The van der Waals surface area contributed by atoms with Gasteiger partial charge in [0, 0.05) is 50.0 Å². The molecule has 1 heterocycles. The van der Waals surface area contributed by atoms with Gasteiger partial charge in [0.05, 0.1) is 6.54 Å². The van der Waals surface area contributed by atoms with Crippen molar-refractivity contribution in [3.05, 3.63) is 41.9 Å². The maximum absolute atomic E-state index is 6.05. The minimum absolute atomic E-state index is 0.484. The van der Waals surface area contributed by atoms with Crippen LogP contribution >= 0.6 is 11.6 Å². The summed E-state index contributed by atoms with van der Waals surface area (Å²) in [6.07, 6.45) is 1.76. The molecule has 120 valence electrons. The van der Waals surface area contributed by atoms with Crippen LogP contribution in [-0.4, -0.2) is 56.7 Å². The van der Waals surface area contributed by atoms with Crippen molar-refractivity contribution in [3.8, 4) is 0 Å². The summed E-state index contributed by atoms with van der Waals surface area (Å²) in [7, 11) is 0. The molecule has 1 aromatic rings. The number of nitrogens with zero attached hydrogens (tertiary/aromatic N) is 3. The zero-order valence-corrected chi connectivity index (χ0v) is 13.6. The van der Waals surface area contributed by atoms with E-state index in [2.05, 4.69) is 32.8 Å². The van der Waals surface area contributed by atoms with Gasteiger partial charge in [-0.1, -0.05) is 23.7 Å². The van der Waals surface area contributed by atoms with Crippen molar-refractivity contribution < 1.29 is 0 Å². The average Bonchev–Trinajstić information content (AvgIpc) is 2.53. The van der Waals surface area contributed by atoms with Gasteiger partial charge in [0.15, 0.2) is 5.96 Å². The number of benzene rings is 1. The molecule has 0 aromatic heterocycles. The van der Waals surface area contributed by atoms with Gasteiger partial charge >= 0.3 is 0 Å². The van der Waals surface area contributed by atoms with Crippen molar-refractivity contribution in [2.45, 2.75) is 0 Å². The van der Waals surface area contributed by atoms with Gasteiger partial charge < -0.3 is 16.0 Å². The minimum Gasteiger partial charge on any atom is -0.370 e. The molecule has 0 saturated carbocycles. The molecule has 1 saturated heterocycles. The van der Waals surface area contributed by atoms with Crippen LogP contribution in [0.5, 0.6) is 0 Å². The highest BCUT2D eigenvalue weighted by atomic mass is 35.5. The fourth-order valence-corrected chi connectivity index (χ4v) is 2.63. The number of guanidine groups is 1. The van der Waals surface area contributed by atoms with Crippen molar-refractivity contribution in [1.29, 1.82) is 0 Å². The highest BCUT2D eigenvalue weighted by molar-refractivity contribution is 6.30. The standard InChI is InChI=1S/C16H24ClN5/c1-2-6-19-16(18)20-7-8-21-9-11-22(12-10-21)15-5-3-4-14(17)13-15/h2-5,13H,1,6-12H2,(H3,18,19,20). The molecule has 0 spiro atoms. The largest absolute Gasteiger partial charge is 0.370 e. The van der Waals surface area contributed by atoms with E-state index in [4.69, 9.17) is 17.3 Å². The van der Waals surface area contributed by atoms with Crippen LogP contribution in [0, 0.1) is 0 Å². The van der Waals surface area contributed by atoms with Crippen LogP contribution in [0.4, 0.5) is 5.69 Å². The zero-order chi connectivity index (χ0) is 15.8. The number of nitrogens with two attached hydrogens (primary N) is 1. The van der Waals surface area contributed by atoms with Gasteiger partial charge in [-0.25, -0.2) is 0 Å².